The Balaban J connectivity index is 1.92. The van der Waals surface area contributed by atoms with E-state index in [-0.39, 0.29) is 18.6 Å². The highest BCUT2D eigenvalue weighted by Crippen LogP contribution is 2.20. The quantitative estimate of drug-likeness (QED) is 0.794. The van der Waals surface area contributed by atoms with Gasteiger partial charge in [0.1, 0.15) is 0 Å². The minimum atomic E-state index is -0.557. The second kappa shape index (κ2) is 8.82. The van der Waals surface area contributed by atoms with Gasteiger partial charge in [-0.05, 0) is 30.0 Å². The number of aromatic nitrogens is 1. The fourth-order valence-electron chi connectivity index (χ4n) is 2.37. The van der Waals surface area contributed by atoms with Crippen LogP contribution in [0.25, 0.3) is 0 Å². The van der Waals surface area contributed by atoms with Crippen molar-refractivity contribution in [1.82, 2.24) is 10.3 Å². The summed E-state index contributed by atoms with van der Waals surface area (Å²) in [6.45, 7) is 3.89. The van der Waals surface area contributed by atoms with Crippen molar-refractivity contribution in [2.75, 3.05) is 6.61 Å². The minimum Gasteiger partial charge on any atom is -0.452 e. The summed E-state index contributed by atoms with van der Waals surface area (Å²) in [5, 5.41) is 2.94. The molecule has 1 amide bonds. The van der Waals surface area contributed by atoms with Gasteiger partial charge in [0.2, 0.25) is 0 Å². The number of hydrogen-bond donors (Lipinski definition) is 1. The lowest BCUT2D eigenvalue weighted by Crippen LogP contribution is -2.33. The second-order valence-electron chi connectivity index (χ2n) is 5.98. The van der Waals surface area contributed by atoms with Crippen molar-refractivity contribution < 1.29 is 14.3 Å². The van der Waals surface area contributed by atoms with E-state index in [1.165, 1.54) is 6.20 Å². The van der Waals surface area contributed by atoms with Gasteiger partial charge in [-0.3, -0.25) is 9.78 Å². The van der Waals surface area contributed by atoms with Gasteiger partial charge in [-0.25, -0.2) is 4.79 Å². The summed E-state index contributed by atoms with van der Waals surface area (Å²) in [5.41, 5.74) is 1.37. The summed E-state index contributed by atoms with van der Waals surface area (Å²) in [4.78, 5) is 27.8. The van der Waals surface area contributed by atoms with E-state index in [4.69, 9.17) is 4.74 Å². The molecular formula is C19H22N2O3. The van der Waals surface area contributed by atoms with E-state index < -0.39 is 5.97 Å². The Morgan fingerprint density at radius 2 is 1.88 bits per heavy atom. The van der Waals surface area contributed by atoms with E-state index in [2.05, 4.69) is 24.1 Å². The van der Waals surface area contributed by atoms with Crippen LogP contribution in [0.3, 0.4) is 0 Å². The fourth-order valence-corrected chi connectivity index (χ4v) is 2.37. The Morgan fingerprint density at radius 1 is 1.12 bits per heavy atom. The van der Waals surface area contributed by atoms with Crippen LogP contribution >= 0.6 is 0 Å². The molecule has 2 rings (SSSR count). The first-order valence-corrected chi connectivity index (χ1v) is 7.97. The molecule has 1 aromatic carbocycles. The summed E-state index contributed by atoms with van der Waals surface area (Å²) < 4.78 is 5.04. The van der Waals surface area contributed by atoms with Crippen molar-refractivity contribution in [2.45, 2.75) is 26.3 Å². The number of pyridine rings is 1. The van der Waals surface area contributed by atoms with Crippen LogP contribution in [0.5, 0.6) is 0 Å². The third-order valence-corrected chi connectivity index (χ3v) is 3.48. The molecular weight excluding hydrogens is 304 g/mol. The molecule has 0 aliphatic carbocycles. The Kier molecular flexibility index (Phi) is 6.49. The van der Waals surface area contributed by atoms with Gasteiger partial charge < -0.3 is 10.1 Å². The Bertz CT molecular complexity index is 657. The third-order valence-electron chi connectivity index (χ3n) is 3.48. The molecule has 0 radical (unpaired) electrons. The van der Waals surface area contributed by atoms with Crippen LogP contribution < -0.4 is 5.32 Å². The molecule has 0 aliphatic heterocycles. The van der Waals surface area contributed by atoms with E-state index in [1.54, 1.807) is 18.3 Å². The Labute approximate surface area is 142 Å². The molecule has 0 aliphatic rings. The monoisotopic (exact) mass is 326 g/mol. The number of ether oxygens (including phenoxy) is 1. The van der Waals surface area contributed by atoms with Crippen LogP contribution in [0.1, 0.15) is 42.2 Å². The van der Waals surface area contributed by atoms with Crippen LogP contribution in [0.15, 0.2) is 54.9 Å². The Morgan fingerprint density at radius 3 is 2.50 bits per heavy atom. The van der Waals surface area contributed by atoms with Crippen LogP contribution in [-0.2, 0) is 9.53 Å². The molecule has 24 heavy (non-hydrogen) atoms. The highest BCUT2D eigenvalue weighted by molar-refractivity contribution is 5.90. The summed E-state index contributed by atoms with van der Waals surface area (Å²) >= 11 is 0. The summed E-state index contributed by atoms with van der Waals surface area (Å²) in [5.74, 6) is -0.450. The van der Waals surface area contributed by atoms with E-state index in [0.29, 0.717) is 11.5 Å². The van der Waals surface area contributed by atoms with Crippen molar-refractivity contribution in [3.63, 3.8) is 0 Å². The lowest BCUT2D eigenvalue weighted by molar-refractivity contribution is -0.125. The van der Waals surface area contributed by atoms with Crippen molar-refractivity contribution in [1.29, 1.82) is 0 Å². The first-order chi connectivity index (χ1) is 11.6. The largest absolute Gasteiger partial charge is 0.452 e. The molecule has 2 aromatic rings. The number of carbonyl (C=O) groups is 2. The first-order valence-electron chi connectivity index (χ1n) is 7.97. The average Bonchev–Trinajstić information content (AvgIpc) is 2.60. The zero-order valence-electron chi connectivity index (χ0n) is 13.9. The van der Waals surface area contributed by atoms with E-state index >= 15 is 0 Å². The molecule has 1 atom stereocenters. The smallest absolute Gasteiger partial charge is 0.340 e. The number of nitrogens with zero attached hydrogens (tertiary/aromatic N) is 1. The topological polar surface area (TPSA) is 68.3 Å². The van der Waals surface area contributed by atoms with Crippen LogP contribution in [0, 0.1) is 5.92 Å². The zero-order valence-corrected chi connectivity index (χ0v) is 13.9. The van der Waals surface area contributed by atoms with Crippen LogP contribution in [-0.4, -0.2) is 23.5 Å². The normalized spacial score (nSPS) is 11.8. The van der Waals surface area contributed by atoms with Crippen molar-refractivity contribution in [3.05, 3.63) is 66.0 Å². The van der Waals surface area contributed by atoms with Gasteiger partial charge in [-0.15, -0.1) is 0 Å². The highest BCUT2D eigenvalue weighted by atomic mass is 16.5. The summed E-state index contributed by atoms with van der Waals surface area (Å²) in [7, 11) is 0. The molecule has 0 spiro atoms. The van der Waals surface area contributed by atoms with Gasteiger partial charge in [0.05, 0.1) is 11.6 Å². The molecule has 0 saturated heterocycles. The standard InChI is InChI=1S/C19H22N2O3/c1-14(2)11-17(15-7-4-3-5-8-15)21-18(22)13-24-19(23)16-9-6-10-20-12-16/h3-10,12,14,17H,11,13H2,1-2H3,(H,21,22)/t17-/m0/s1. The minimum absolute atomic E-state index is 0.101. The second-order valence-corrected chi connectivity index (χ2v) is 5.98. The maximum atomic E-state index is 12.1. The lowest BCUT2D eigenvalue weighted by atomic mass is 9.97. The molecule has 1 heterocycles. The molecule has 0 saturated carbocycles. The predicted octanol–water partition coefficient (Wildman–Crippen LogP) is 3.14. The molecule has 1 aromatic heterocycles. The lowest BCUT2D eigenvalue weighted by Gasteiger charge is -2.21. The predicted molar refractivity (Wildman–Crippen MR) is 91.3 cm³/mol. The summed E-state index contributed by atoms with van der Waals surface area (Å²) in [6.07, 6.45) is 3.79. The maximum absolute atomic E-state index is 12.1. The molecule has 5 nitrogen and oxygen atoms in total. The van der Waals surface area contributed by atoms with Gasteiger partial charge in [0.25, 0.3) is 5.91 Å². The van der Waals surface area contributed by atoms with Crippen molar-refractivity contribution in [2.24, 2.45) is 5.92 Å². The van der Waals surface area contributed by atoms with Crippen molar-refractivity contribution in [3.8, 4) is 0 Å². The number of benzene rings is 1. The van der Waals surface area contributed by atoms with Gasteiger partial charge in [-0.2, -0.15) is 0 Å². The third kappa shape index (κ3) is 5.50. The van der Waals surface area contributed by atoms with E-state index in [0.717, 1.165) is 12.0 Å². The SMILES string of the molecule is CC(C)C[C@H](NC(=O)COC(=O)c1cccnc1)c1ccccc1. The maximum Gasteiger partial charge on any atom is 0.340 e. The number of rotatable bonds is 7. The molecule has 0 unspecified atom stereocenters. The van der Waals surface area contributed by atoms with Gasteiger partial charge in [-0.1, -0.05) is 44.2 Å². The van der Waals surface area contributed by atoms with E-state index in [1.807, 2.05) is 30.3 Å². The number of amides is 1. The average molecular weight is 326 g/mol. The molecule has 0 bridgehead atoms. The van der Waals surface area contributed by atoms with Gasteiger partial charge >= 0.3 is 5.97 Å². The summed E-state index contributed by atoms with van der Waals surface area (Å²) in [6, 6.07) is 12.9. The zero-order chi connectivity index (χ0) is 17.4. The van der Waals surface area contributed by atoms with E-state index in [9.17, 15) is 9.59 Å². The van der Waals surface area contributed by atoms with Crippen LogP contribution in [0.4, 0.5) is 0 Å². The van der Waals surface area contributed by atoms with Gasteiger partial charge in [0, 0.05) is 12.4 Å². The van der Waals surface area contributed by atoms with Gasteiger partial charge in [0.15, 0.2) is 6.61 Å². The fraction of sp³-hybridized carbons (Fsp3) is 0.316. The number of nitrogens with one attached hydrogen (secondary N) is 1. The molecule has 0 fully saturated rings. The Hall–Kier alpha value is -2.69. The molecule has 5 heteroatoms. The number of hydrogen-bond acceptors (Lipinski definition) is 4. The van der Waals surface area contributed by atoms with Crippen molar-refractivity contribution >= 4 is 11.9 Å². The molecule has 1 N–H and O–H groups in total. The highest BCUT2D eigenvalue weighted by Gasteiger charge is 2.17. The first kappa shape index (κ1) is 17.7. The number of esters is 1. The number of carbonyl (C=O) groups excluding carboxylic acids is 2. The molecule has 126 valence electrons. The van der Waals surface area contributed by atoms with Crippen LogP contribution in [0.2, 0.25) is 0 Å².